The first-order valence-electron chi connectivity index (χ1n) is 12.4. The number of anilines is 3. The van der Waals surface area contributed by atoms with E-state index in [1.54, 1.807) is 18.2 Å². The van der Waals surface area contributed by atoms with Crippen LogP contribution < -0.4 is 16.0 Å². The number of hydrogen-bond acceptors (Lipinski definition) is 3. The molecule has 1 aromatic carbocycles. The minimum Gasteiger partial charge on any atom is -0.326 e. The summed E-state index contributed by atoms with van der Waals surface area (Å²) < 4.78 is 0. The lowest BCUT2D eigenvalue weighted by molar-refractivity contribution is -0.121. The van der Waals surface area contributed by atoms with Crippen molar-refractivity contribution in [3.05, 3.63) is 18.2 Å². The second-order valence-electron chi connectivity index (χ2n) is 11.5. The van der Waals surface area contributed by atoms with Crippen LogP contribution in [0.15, 0.2) is 18.2 Å². The van der Waals surface area contributed by atoms with E-state index in [0.717, 1.165) is 25.7 Å². The molecule has 3 amide bonds. The van der Waals surface area contributed by atoms with Crippen LogP contribution >= 0.6 is 0 Å². The zero-order valence-electron chi connectivity index (χ0n) is 21.5. The quantitative estimate of drug-likeness (QED) is 0.419. The molecule has 184 valence electrons. The third kappa shape index (κ3) is 9.18. The van der Waals surface area contributed by atoms with Gasteiger partial charge in [-0.3, -0.25) is 14.4 Å². The molecule has 1 aliphatic rings. The van der Waals surface area contributed by atoms with Crippen molar-refractivity contribution in [2.75, 3.05) is 16.0 Å². The first kappa shape index (κ1) is 26.9. The molecule has 1 aromatic rings. The van der Waals surface area contributed by atoms with Crippen LogP contribution in [0.5, 0.6) is 0 Å². The number of hydrogen-bond donors (Lipinski definition) is 3. The van der Waals surface area contributed by atoms with Gasteiger partial charge in [-0.2, -0.15) is 0 Å². The second-order valence-corrected chi connectivity index (χ2v) is 11.5. The van der Waals surface area contributed by atoms with Crippen LogP contribution in [0.1, 0.15) is 87.0 Å². The van der Waals surface area contributed by atoms with E-state index in [1.807, 2.05) is 27.7 Å². The molecule has 1 saturated carbocycles. The maximum absolute atomic E-state index is 13.0. The first-order chi connectivity index (χ1) is 15.3. The number of rotatable bonds is 8. The summed E-state index contributed by atoms with van der Waals surface area (Å²) in [5.41, 5.74) is 1.98. The Kier molecular flexibility index (Phi) is 9.50. The van der Waals surface area contributed by atoms with Gasteiger partial charge in [0.1, 0.15) is 0 Å². The van der Waals surface area contributed by atoms with Gasteiger partial charge in [0, 0.05) is 35.8 Å². The predicted octanol–water partition coefficient (Wildman–Crippen LogP) is 6.45. The van der Waals surface area contributed by atoms with Crippen LogP contribution in [-0.4, -0.2) is 17.7 Å². The first-order valence-corrected chi connectivity index (χ1v) is 12.4. The van der Waals surface area contributed by atoms with Gasteiger partial charge in [-0.25, -0.2) is 0 Å². The highest BCUT2D eigenvalue weighted by Crippen LogP contribution is 2.40. The van der Waals surface area contributed by atoms with Crippen molar-refractivity contribution < 1.29 is 14.4 Å². The van der Waals surface area contributed by atoms with Crippen LogP contribution in [-0.2, 0) is 14.4 Å². The number of carbonyl (C=O) groups excluding carboxylic acids is 3. The molecule has 0 radical (unpaired) electrons. The molecule has 1 aliphatic carbocycles. The average molecular weight is 458 g/mol. The molecule has 0 aliphatic heterocycles. The van der Waals surface area contributed by atoms with Crippen LogP contribution in [0.3, 0.4) is 0 Å². The van der Waals surface area contributed by atoms with Gasteiger partial charge >= 0.3 is 0 Å². The molecule has 0 atom stereocenters. The van der Waals surface area contributed by atoms with Gasteiger partial charge < -0.3 is 16.0 Å². The fourth-order valence-corrected chi connectivity index (χ4v) is 4.48. The normalized spacial score (nSPS) is 18.8. The second kappa shape index (κ2) is 11.7. The van der Waals surface area contributed by atoms with Crippen LogP contribution in [0, 0.1) is 29.1 Å². The minimum absolute atomic E-state index is 0.00692. The van der Waals surface area contributed by atoms with E-state index in [4.69, 9.17) is 0 Å². The third-order valence-corrected chi connectivity index (χ3v) is 6.28. The molecule has 3 N–H and O–H groups in total. The molecular formula is C27H43N3O3. The molecule has 6 nitrogen and oxygen atoms in total. The largest absolute Gasteiger partial charge is 0.326 e. The van der Waals surface area contributed by atoms with E-state index >= 15 is 0 Å². The fourth-order valence-electron chi connectivity index (χ4n) is 4.48. The van der Waals surface area contributed by atoms with Gasteiger partial charge in [-0.05, 0) is 67.1 Å². The van der Waals surface area contributed by atoms with Gasteiger partial charge in [0.05, 0.1) is 0 Å². The molecule has 0 unspecified atom stereocenters. The third-order valence-electron chi connectivity index (χ3n) is 6.28. The SMILES string of the molecule is CC(C)CC(=O)Nc1cc(NC(=O)CC(C)C)cc(NC(=O)[C@H]2CC[C@@H](C(C)(C)C)CC2)c1. The lowest BCUT2D eigenvalue weighted by atomic mass is 9.69. The topological polar surface area (TPSA) is 87.3 Å². The van der Waals surface area contributed by atoms with Gasteiger partial charge in [0.25, 0.3) is 0 Å². The van der Waals surface area contributed by atoms with Crippen molar-refractivity contribution in [3.63, 3.8) is 0 Å². The standard InChI is InChI=1S/C27H43N3O3/c1-17(2)12-24(31)28-21-14-22(29-25(32)13-18(3)4)16-23(15-21)30-26(33)19-8-10-20(11-9-19)27(5,6)7/h14-20H,8-13H2,1-7H3,(H,28,31)(H,29,32)(H,30,33)/t19-,20+. The number of nitrogens with one attached hydrogen (secondary N) is 3. The molecule has 33 heavy (non-hydrogen) atoms. The molecule has 0 bridgehead atoms. The summed E-state index contributed by atoms with van der Waals surface area (Å²) in [6.45, 7) is 14.8. The Hall–Kier alpha value is -2.37. The molecular weight excluding hydrogens is 414 g/mol. The van der Waals surface area contributed by atoms with Crippen molar-refractivity contribution in [3.8, 4) is 0 Å². The Labute approximate surface area is 199 Å². The van der Waals surface area contributed by atoms with E-state index in [9.17, 15) is 14.4 Å². The van der Waals surface area contributed by atoms with E-state index in [2.05, 4.69) is 36.7 Å². The van der Waals surface area contributed by atoms with Crippen molar-refractivity contribution in [1.29, 1.82) is 0 Å². The maximum atomic E-state index is 13.0. The predicted molar refractivity (Wildman–Crippen MR) is 136 cm³/mol. The zero-order chi connectivity index (χ0) is 24.8. The Morgan fingerprint density at radius 1 is 0.758 bits per heavy atom. The van der Waals surface area contributed by atoms with Crippen LogP contribution in [0.2, 0.25) is 0 Å². The van der Waals surface area contributed by atoms with Gasteiger partial charge in [0.15, 0.2) is 0 Å². The Morgan fingerprint density at radius 2 is 1.15 bits per heavy atom. The van der Waals surface area contributed by atoms with Crippen LogP contribution in [0.25, 0.3) is 0 Å². The minimum atomic E-state index is -0.0894. The Bertz CT molecular complexity index is 789. The fraction of sp³-hybridized carbons (Fsp3) is 0.667. The molecule has 1 fully saturated rings. The van der Waals surface area contributed by atoms with E-state index in [-0.39, 0.29) is 40.9 Å². The number of amides is 3. The molecule has 0 spiro atoms. The zero-order valence-corrected chi connectivity index (χ0v) is 21.5. The monoisotopic (exact) mass is 457 g/mol. The molecule has 0 heterocycles. The highest BCUT2D eigenvalue weighted by Gasteiger charge is 2.32. The summed E-state index contributed by atoms with van der Waals surface area (Å²) >= 11 is 0. The Morgan fingerprint density at radius 3 is 1.52 bits per heavy atom. The summed E-state index contributed by atoms with van der Waals surface area (Å²) in [6, 6.07) is 5.25. The van der Waals surface area contributed by atoms with E-state index < -0.39 is 0 Å². The Balaban J connectivity index is 2.13. The highest BCUT2D eigenvalue weighted by atomic mass is 16.2. The lowest BCUT2D eigenvalue weighted by Gasteiger charge is -2.36. The summed E-state index contributed by atoms with van der Waals surface area (Å²) in [4.78, 5) is 37.6. The van der Waals surface area contributed by atoms with Crippen molar-refractivity contribution in [2.24, 2.45) is 29.1 Å². The summed E-state index contributed by atoms with van der Waals surface area (Å²) in [7, 11) is 0. The molecule has 0 saturated heterocycles. The summed E-state index contributed by atoms with van der Waals surface area (Å²) in [6.07, 6.45) is 4.70. The van der Waals surface area contributed by atoms with E-state index in [1.165, 1.54) is 0 Å². The number of carbonyl (C=O) groups is 3. The van der Waals surface area contributed by atoms with E-state index in [0.29, 0.717) is 35.8 Å². The highest BCUT2D eigenvalue weighted by molar-refractivity contribution is 5.98. The average Bonchev–Trinajstić information content (AvgIpc) is 2.65. The van der Waals surface area contributed by atoms with Crippen molar-refractivity contribution in [1.82, 2.24) is 0 Å². The summed E-state index contributed by atoms with van der Waals surface area (Å²) in [5, 5.41) is 8.84. The van der Waals surface area contributed by atoms with Gasteiger partial charge in [-0.15, -0.1) is 0 Å². The smallest absolute Gasteiger partial charge is 0.227 e. The van der Waals surface area contributed by atoms with Crippen molar-refractivity contribution >= 4 is 34.8 Å². The maximum Gasteiger partial charge on any atom is 0.227 e. The number of benzene rings is 1. The van der Waals surface area contributed by atoms with Crippen molar-refractivity contribution in [2.45, 2.75) is 87.0 Å². The molecule has 0 aromatic heterocycles. The van der Waals surface area contributed by atoms with Gasteiger partial charge in [-0.1, -0.05) is 48.5 Å². The molecule has 6 heteroatoms. The van der Waals surface area contributed by atoms with Crippen LogP contribution in [0.4, 0.5) is 17.1 Å². The summed E-state index contributed by atoms with van der Waals surface area (Å²) in [5.74, 6) is 0.933. The molecule has 2 rings (SSSR count). The lowest BCUT2D eigenvalue weighted by Crippen LogP contribution is -2.31. The van der Waals surface area contributed by atoms with Gasteiger partial charge in [0.2, 0.25) is 17.7 Å².